The van der Waals surface area contributed by atoms with Gasteiger partial charge >= 0.3 is 0 Å². The lowest BCUT2D eigenvalue weighted by atomic mass is 10.1. The van der Waals surface area contributed by atoms with E-state index in [1.165, 1.54) is 0 Å². The molecule has 0 aromatic heterocycles. The Morgan fingerprint density at radius 1 is 1.14 bits per heavy atom. The lowest BCUT2D eigenvalue weighted by Crippen LogP contribution is -2.29. The highest BCUT2D eigenvalue weighted by atomic mass is 35.5. The highest BCUT2D eigenvalue weighted by Crippen LogP contribution is 2.22. The molecule has 0 spiro atoms. The van der Waals surface area contributed by atoms with Gasteiger partial charge in [-0.3, -0.25) is 4.79 Å². The summed E-state index contributed by atoms with van der Waals surface area (Å²) in [5.74, 6) is 1.35. The molecule has 1 amide bonds. The van der Waals surface area contributed by atoms with Crippen LogP contribution in [0.25, 0.3) is 0 Å². The first-order valence-corrected chi connectivity index (χ1v) is 7.34. The molecule has 4 nitrogen and oxygen atoms in total. The van der Waals surface area contributed by atoms with Gasteiger partial charge in [0, 0.05) is 0 Å². The number of halogens is 1. The van der Waals surface area contributed by atoms with Gasteiger partial charge in [0.15, 0.2) is 0 Å². The van der Waals surface area contributed by atoms with Crippen molar-refractivity contribution in [3.05, 3.63) is 59.1 Å². The zero-order valence-electron chi connectivity index (χ0n) is 12.3. The maximum atomic E-state index is 11.8. The molecule has 116 valence electrons. The molecule has 0 unspecified atom stereocenters. The molecule has 0 radical (unpaired) electrons. The molecule has 2 rings (SSSR count). The summed E-state index contributed by atoms with van der Waals surface area (Å²) in [5, 5.41) is 3.37. The Morgan fingerprint density at radius 3 is 2.55 bits per heavy atom. The molecule has 0 saturated carbocycles. The van der Waals surface area contributed by atoms with Crippen LogP contribution < -0.4 is 14.8 Å². The molecule has 0 bridgehead atoms. The van der Waals surface area contributed by atoms with Crippen LogP contribution in [0.15, 0.2) is 48.5 Å². The van der Waals surface area contributed by atoms with E-state index in [-0.39, 0.29) is 5.91 Å². The Morgan fingerprint density at radius 2 is 1.86 bits per heavy atom. The summed E-state index contributed by atoms with van der Waals surface area (Å²) >= 11 is 5.98. The minimum Gasteiger partial charge on any atom is -0.497 e. The number of rotatable bonds is 7. The Labute approximate surface area is 135 Å². The first-order valence-electron chi connectivity index (χ1n) is 6.96. The van der Waals surface area contributed by atoms with Gasteiger partial charge in [-0.2, -0.15) is 0 Å². The monoisotopic (exact) mass is 319 g/mol. The Hall–Kier alpha value is -2.20. The van der Waals surface area contributed by atoms with E-state index < -0.39 is 0 Å². The quantitative estimate of drug-likeness (QED) is 0.798. The van der Waals surface area contributed by atoms with Crippen molar-refractivity contribution in [1.29, 1.82) is 0 Å². The van der Waals surface area contributed by atoms with Crippen LogP contribution in [0.4, 0.5) is 0 Å². The Balaban J connectivity index is 1.70. The number of nitrogens with one attached hydrogen (secondary N) is 1. The number of benzene rings is 2. The van der Waals surface area contributed by atoms with E-state index in [1.54, 1.807) is 19.2 Å². The number of para-hydroxylation sites is 1. The first-order chi connectivity index (χ1) is 10.7. The summed E-state index contributed by atoms with van der Waals surface area (Å²) < 4.78 is 10.6. The number of carbonyl (C=O) groups excluding carboxylic acids is 1. The van der Waals surface area contributed by atoms with E-state index in [1.807, 2.05) is 36.4 Å². The number of hydrogen-bond donors (Lipinski definition) is 1. The van der Waals surface area contributed by atoms with Gasteiger partial charge in [-0.25, -0.2) is 0 Å². The lowest BCUT2D eigenvalue weighted by molar-refractivity contribution is -0.120. The molecule has 5 heteroatoms. The standard InChI is InChI=1S/C17H18ClNO3/c1-21-14-8-6-13(7-9-14)12-17(20)19-10-11-22-16-5-3-2-4-15(16)18/h2-9H,10-12H2,1H3,(H,19,20). The summed E-state index contributed by atoms with van der Waals surface area (Å²) in [4.78, 5) is 11.8. The van der Waals surface area contributed by atoms with E-state index >= 15 is 0 Å². The lowest BCUT2D eigenvalue weighted by Gasteiger charge is -2.09. The second-order valence-corrected chi connectivity index (χ2v) is 5.06. The molecular weight excluding hydrogens is 302 g/mol. The smallest absolute Gasteiger partial charge is 0.224 e. The van der Waals surface area contributed by atoms with Crippen LogP contribution >= 0.6 is 11.6 Å². The van der Waals surface area contributed by atoms with Crippen molar-refractivity contribution in [3.8, 4) is 11.5 Å². The maximum absolute atomic E-state index is 11.8. The third-order valence-corrected chi connectivity index (χ3v) is 3.35. The molecule has 0 aliphatic rings. The van der Waals surface area contributed by atoms with E-state index in [2.05, 4.69) is 5.32 Å². The van der Waals surface area contributed by atoms with Crippen LogP contribution in [0.1, 0.15) is 5.56 Å². The van der Waals surface area contributed by atoms with Gasteiger partial charge in [-0.1, -0.05) is 35.9 Å². The van der Waals surface area contributed by atoms with Crippen LogP contribution in [0.3, 0.4) is 0 Å². The number of carbonyl (C=O) groups is 1. The Kier molecular flexibility index (Phi) is 6.10. The fourth-order valence-electron chi connectivity index (χ4n) is 1.90. The highest BCUT2D eigenvalue weighted by Gasteiger charge is 2.04. The molecule has 0 fully saturated rings. The predicted molar refractivity (Wildman–Crippen MR) is 86.7 cm³/mol. The second-order valence-electron chi connectivity index (χ2n) is 4.65. The van der Waals surface area contributed by atoms with Gasteiger partial charge < -0.3 is 14.8 Å². The van der Waals surface area contributed by atoms with Crippen molar-refractivity contribution in [2.24, 2.45) is 0 Å². The summed E-state index contributed by atoms with van der Waals surface area (Å²) in [6.45, 7) is 0.804. The molecule has 0 heterocycles. The van der Waals surface area contributed by atoms with Gasteiger partial charge in [0.25, 0.3) is 0 Å². The zero-order valence-corrected chi connectivity index (χ0v) is 13.1. The van der Waals surface area contributed by atoms with Crippen molar-refractivity contribution in [3.63, 3.8) is 0 Å². The molecular formula is C17H18ClNO3. The van der Waals surface area contributed by atoms with E-state index in [4.69, 9.17) is 21.1 Å². The van der Waals surface area contributed by atoms with E-state index in [9.17, 15) is 4.79 Å². The number of hydrogen-bond acceptors (Lipinski definition) is 3. The molecule has 0 atom stereocenters. The van der Waals surface area contributed by atoms with Crippen LogP contribution in [-0.4, -0.2) is 26.2 Å². The van der Waals surface area contributed by atoms with Crippen molar-refractivity contribution in [2.45, 2.75) is 6.42 Å². The normalized spacial score (nSPS) is 10.1. The van der Waals surface area contributed by atoms with Crippen LogP contribution in [0.5, 0.6) is 11.5 Å². The predicted octanol–water partition coefficient (Wildman–Crippen LogP) is 3.09. The van der Waals surface area contributed by atoms with E-state index in [0.29, 0.717) is 30.3 Å². The SMILES string of the molecule is COc1ccc(CC(=O)NCCOc2ccccc2Cl)cc1. The third kappa shape index (κ3) is 4.97. The topological polar surface area (TPSA) is 47.6 Å². The average molecular weight is 320 g/mol. The summed E-state index contributed by atoms with van der Waals surface area (Å²) in [6, 6.07) is 14.7. The van der Waals surface area contributed by atoms with Crippen LogP contribution in [0.2, 0.25) is 5.02 Å². The second kappa shape index (κ2) is 8.29. The molecule has 22 heavy (non-hydrogen) atoms. The molecule has 0 aliphatic heterocycles. The fraction of sp³-hybridized carbons (Fsp3) is 0.235. The maximum Gasteiger partial charge on any atom is 0.224 e. The van der Waals surface area contributed by atoms with Crippen LogP contribution in [-0.2, 0) is 11.2 Å². The van der Waals surface area contributed by atoms with Crippen molar-refractivity contribution >= 4 is 17.5 Å². The minimum absolute atomic E-state index is 0.0482. The third-order valence-electron chi connectivity index (χ3n) is 3.04. The minimum atomic E-state index is -0.0482. The van der Waals surface area contributed by atoms with Gasteiger partial charge in [0.1, 0.15) is 18.1 Å². The molecule has 0 saturated heterocycles. The van der Waals surface area contributed by atoms with Gasteiger partial charge in [0.2, 0.25) is 5.91 Å². The van der Waals surface area contributed by atoms with Crippen molar-refractivity contribution in [1.82, 2.24) is 5.32 Å². The Bertz CT molecular complexity index is 614. The average Bonchev–Trinajstić information content (AvgIpc) is 2.54. The van der Waals surface area contributed by atoms with Gasteiger partial charge in [-0.05, 0) is 29.8 Å². The molecule has 0 aliphatic carbocycles. The number of methoxy groups -OCH3 is 1. The van der Waals surface area contributed by atoms with Crippen LogP contribution in [0, 0.1) is 0 Å². The summed E-state index contributed by atoms with van der Waals surface area (Å²) in [5.41, 5.74) is 0.935. The summed E-state index contributed by atoms with van der Waals surface area (Å²) in [7, 11) is 1.61. The number of ether oxygens (including phenoxy) is 2. The largest absolute Gasteiger partial charge is 0.497 e. The molecule has 2 aromatic carbocycles. The van der Waals surface area contributed by atoms with Crippen molar-refractivity contribution < 1.29 is 14.3 Å². The summed E-state index contributed by atoms with van der Waals surface area (Å²) in [6.07, 6.45) is 0.329. The molecule has 1 N–H and O–H groups in total. The van der Waals surface area contributed by atoms with Gasteiger partial charge in [0.05, 0.1) is 25.1 Å². The van der Waals surface area contributed by atoms with Crippen molar-refractivity contribution in [2.75, 3.05) is 20.3 Å². The van der Waals surface area contributed by atoms with E-state index in [0.717, 1.165) is 11.3 Å². The fourth-order valence-corrected chi connectivity index (χ4v) is 2.09. The zero-order chi connectivity index (χ0) is 15.8. The molecule has 2 aromatic rings. The highest BCUT2D eigenvalue weighted by molar-refractivity contribution is 6.32. The van der Waals surface area contributed by atoms with Gasteiger partial charge in [-0.15, -0.1) is 0 Å². The first kappa shape index (κ1) is 16.2. The number of amides is 1.